The zero-order chi connectivity index (χ0) is 14.8. The van der Waals surface area contributed by atoms with Crippen molar-refractivity contribution in [1.82, 2.24) is 4.72 Å². The monoisotopic (exact) mass is 298 g/mol. The van der Waals surface area contributed by atoms with Crippen LogP contribution in [-0.4, -0.2) is 28.2 Å². The zero-order valence-corrected chi connectivity index (χ0v) is 12.8. The van der Waals surface area contributed by atoms with E-state index in [4.69, 9.17) is 10.5 Å². The van der Waals surface area contributed by atoms with Crippen LogP contribution < -0.4 is 10.5 Å². The number of rotatable bonds is 4. The number of benzene rings is 1. The molecule has 6 heteroatoms. The van der Waals surface area contributed by atoms with E-state index in [0.29, 0.717) is 35.9 Å². The van der Waals surface area contributed by atoms with Crippen molar-refractivity contribution in [2.45, 2.75) is 31.6 Å². The highest BCUT2D eigenvalue weighted by Gasteiger charge is 2.29. The van der Waals surface area contributed by atoms with Crippen molar-refractivity contribution in [3.63, 3.8) is 0 Å². The third kappa shape index (κ3) is 3.50. The van der Waals surface area contributed by atoms with Crippen molar-refractivity contribution < 1.29 is 13.2 Å². The molecule has 1 aliphatic rings. The Labute approximate surface area is 120 Å². The molecule has 5 nitrogen and oxygen atoms in total. The number of nitrogen functional groups attached to an aromatic ring is 1. The molecule has 3 N–H and O–H groups in total. The van der Waals surface area contributed by atoms with E-state index in [1.165, 1.54) is 0 Å². The average molecular weight is 298 g/mol. The first-order valence-electron chi connectivity index (χ1n) is 6.76. The quantitative estimate of drug-likeness (QED) is 0.829. The maximum Gasteiger partial charge on any atom is 0.240 e. The lowest BCUT2D eigenvalue weighted by Gasteiger charge is -2.33. The van der Waals surface area contributed by atoms with E-state index in [9.17, 15) is 8.42 Å². The summed E-state index contributed by atoms with van der Waals surface area (Å²) in [6, 6.07) is 4.84. The normalized spacial score (nSPS) is 18.9. The summed E-state index contributed by atoms with van der Waals surface area (Å²) in [7, 11) is -3.49. The topological polar surface area (TPSA) is 81.4 Å². The van der Waals surface area contributed by atoms with Gasteiger partial charge >= 0.3 is 0 Å². The van der Waals surface area contributed by atoms with Crippen LogP contribution in [0.25, 0.3) is 0 Å². The van der Waals surface area contributed by atoms with Gasteiger partial charge in [0.25, 0.3) is 0 Å². The second-order valence-corrected chi connectivity index (χ2v) is 7.51. The lowest BCUT2D eigenvalue weighted by Crippen LogP contribution is -2.39. The fraction of sp³-hybridized carbons (Fsp3) is 0.571. The maximum atomic E-state index is 12.4. The lowest BCUT2D eigenvalue weighted by atomic mass is 9.83. The first-order chi connectivity index (χ1) is 9.32. The van der Waals surface area contributed by atoms with Gasteiger partial charge in [0.15, 0.2) is 0 Å². The predicted molar refractivity (Wildman–Crippen MR) is 78.9 cm³/mol. The summed E-state index contributed by atoms with van der Waals surface area (Å²) in [6.45, 7) is 5.66. The van der Waals surface area contributed by atoms with E-state index in [1.54, 1.807) is 25.1 Å². The molecule has 0 bridgehead atoms. The molecule has 1 heterocycles. The van der Waals surface area contributed by atoms with E-state index in [1.807, 2.05) is 0 Å². The molecule has 2 rings (SSSR count). The van der Waals surface area contributed by atoms with E-state index < -0.39 is 10.0 Å². The number of sulfonamides is 1. The van der Waals surface area contributed by atoms with Gasteiger partial charge in [0.1, 0.15) is 0 Å². The van der Waals surface area contributed by atoms with Crippen LogP contribution in [0.1, 0.15) is 25.3 Å². The molecule has 0 aromatic heterocycles. The molecule has 0 atom stereocenters. The van der Waals surface area contributed by atoms with E-state index >= 15 is 0 Å². The summed E-state index contributed by atoms with van der Waals surface area (Å²) >= 11 is 0. The summed E-state index contributed by atoms with van der Waals surface area (Å²) in [5, 5.41) is 0. The van der Waals surface area contributed by atoms with Gasteiger partial charge in [-0.2, -0.15) is 0 Å². The Balaban J connectivity index is 2.11. The Bertz CT molecular complexity index is 578. The molecular formula is C14H22N2O3S. The van der Waals surface area contributed by atoms with Crippen molar-refractivity contribution in [3.8, 4) is 0 Å². The van der Waals surface area contributed by atoms with Crippen LogP contribution in [0.2, 0.25) is 0 Å². The summed E-state index contributed by atoms with van der Waals surface area (Å²) in [5.74, 6) is 0. The standard InChI is InChI=1S/C14H22N2O3S/c1-11-9-12(15)3-4-13(11)20(17,18)16-10-14(2)5-7-19-8-6-14/h3-4,9,16H,5-8,10,15H2,1-2H3. The van der Waals surface area contributed by atoms with E-state index in [2.05, 4.69) is 11.6 Å². The lowest BCUT2D eigenvalue weighted by molar-refractivity contribution is 0.0264. The van der Waals surface area contributed by atoms with Crippen LogP contribution in [0.5, 0.6) is 0 Å². The highest BCUT2D eigenvalue weighted by Crippen LogP contribution is 2.29. The molecule has 1 saturated heterocycles. The molecule has 0 saturated carbocycles. The number of aryl methyl sites for hydroxylation is 1. The fourth-order valence-corrected chi connectivity index (χ4v) is 3.79. The number of nitrogens with two attached hydrogens (primary N) is 1. The second kappa shape index (κ2) is 5.71. The third-order valence-electron chi connectivity index (χ3n) is 3.88. The average Bonchev–Trinajstić information content (AvgIpc) is 2.37. The number of anilines is 1. The van der Waals surface area contributed by atoms with Crippen LogP contribution in [0.4, 0.5) is 5.69 Å². The van der Waals surface area contributed by atoms with Gasteiger partial charge < -0.3 is 10.5 Å². The molecule has 0 spiro atoms. The zero-order valence-electron chi connectivity index (χ0n) is 12.0. The van der Waals surface area contributed by atoms with Gasteiger partial charge in [-0.05, 0) is 48.9 Å². The molecule has 1 aliphatic heterocycles. The molecule has 1 fully saturated rings. The van der Waals surface area contributed by atoms with Crippen molar-refractivity contribution >= 4 is 15.7 Å². The Morgan fingerprint density at radius 3 is 2.60 bits per heavy atom. The minimum atomic E-state index is -3.49. The van der Waals surface area contributed by atoms with Crippen molar-refractivity contribution in [2.75, 3.05) is 25.5 Å². The Kier molecular flexibility index (Phi) is 4.36. The van der Waals surface area contributed by atoms with Gasteiger partial charge in [-0.25, -0.2) is 13.1 Å². The van der Waals surface area contributed by atoms with Crippen LogP contribution in [-0.2, 0) is 14.8 Å². The molecule has 1 aromatic rings. The fourth-order valence-electron chi connectivity index (χ4n) is 2.36. The molecule has 0 unspecified atom stereocenters. The van der Waals surface area contributed by atoms with Gasteiger partial charge in [0, 0.05) is 25.4 Å². The first-order valence-corrected chi connectivity index (χ1v) is 8.24. The van der Waals surface area contributed by atoms with Crippen LogP contribution in [0.15, 0.2) is 23.1 Å². The molecule has 0 amide bonds. The maximum absolute atomic E-state index is 12.4. The largest absolute Gasteiger partial charge is 0.399 e. The van der Waals surface area contributed by atoms with Gasteiger partial charge in [-0.15, -0.1) is 0 Å². The molecule has 0 aliphatic carbocycles. The summed E-state index contributed by atoms with van der Waals surface area (Å²) < 4.78 is 32.8. The molecule has 112 valence electrons. The molecule has 20 heavy (non-hydrogen) atoms. The van der Waals surface area contributed by atoms with Gasteiger partial charge in [0.2, 0.25) is 10.0 Å². The number of ether oxygens (including phenoxy) is 1. The minimum absolute atomic E-state index is 0.0347. The highest BCUT2D eigenvalue weighted by atomic mass is 32.2. The molecule has 0 radical (unpaired) electrons. The van der Waals surface area contributed by atoms with Crippen LogP contribution in [0.3, 0.4) is 0 Å². The SMILES string of the molecule is Cc1cc(N)ccc1S(=O)(=O)NCC1(C)CCOCC1. The van der Waals surface area contributed by atoms with Gasteiger partial charge in [0.05, 0.1) is 4.90 Å². The Hall–Kier alpha value is -1.11. The summed E-state index contributed by atoms with van der Waals surface area (Å²) in [5.41, 5.74) is 6.85. The van der Waals surface area contributed by atoms with E-state index in [-0.39, 0.29) is 5.41 Å². The summed E-state index contributed by atoms with van der Waals surface area (Å²) in [4.78, 5) is 0.294. The molecule has 1 aromatic carbocycles. The predicted octanol–water partition coefficient (Wildman–Crippen LogP) is 1.67. The Morgan fingerprint density at radius 2 is 2.00 bits per heavy atom. The number of hydrogen-bond acceptors (Lipinski definition) is 4. The number of hydrogen-bond donors (Lipinski definition) is 2. The van der Waals surface area contributed by atoms with Gasteiger partial charge in [-0.1, -0.05) is 6.92 Å². The van der Waals surface area contributed by atoms with Gasteiger partial charge in [-0.3, -0.25) is 0 Å². The highest BCUT2D eigenvalue weighted by molar-refractivity contribution is 7.89. The van der Waals surface area contributed by atoms with E-state index in [0.717, 1.165) is 12.8 Å². The van der Waals surface area contributed by atoms with Crippen LogP contribution >= 0.6 is 0 Å². The Morgan fingerprint density at radius 1 is 1.35 bits per heavy atom. The van der Waals surface area contributed by atoms with Crippen LogP contribution in [0, 0.1) is 12.3 Å². The number of nitrogens with one attached hydrogen (secondary N) is 1. The van der Waals surface area contributed by atoms with Crippen molar-refractivity contribution in [1.29, 1.82) is 0 Å². The van der Waals surface area contributed by atoms with Crippen molar-refractivity contribution in [3.05, 3.63) is 23.8 Å². The van der Waals surface area contributed by atoms with Crippen molar-refractivity contribution in [2.24, 2.45) is 5.41 Å². The third-order valence-corrected chi connectivity index (χ3v) is 5.44. The molecular weight excluding hydrogens is 276 g/mol. The summed E-state index contributed by atoms with van der Waals surface area (Å²) in [6.07, 6.45) is 1.74. The second-order valence-electron chi connectivity index (χ2n) is 5.77. The smallest absolute Gasteiger partial charge is 0.240 e. The first kappa shape index (κ1) is 15.3. The minimum Gasteiger partial charge on any atom is -0.399 e.